The minimum atomic E-state index is -3.30. The van der Waals surface area contributed by atoms with Gasteiger partial charge in [0.1, 0.15) is 0 Å². The van der Waals surface area contributed by atoms with Gasteiger partial charge in [0.15, 0.2) is 0 Å². The molecule has 0 spiro atoms. The molecule has 1 aliphatic carbocycles. The largest absolute Gasteiger partial charge is 0.392 e. The number of sulfonamides is 1. The summed E-state index contributed by atoms with van der Waals surface area (Å²) in [6.07, 6.45) is 4.66. The molecular formula is C15H23NO3S. The first-order chi connectivity index (χ1) is 9.50. The van der Waals surface area contributed by atoms with E-state index in [1.54, 1.807) is 24.3 Å². The summed E-state index contributed by atoms with van der Waals surface area (Å²) >= 11 is 0. The highest BCUT2D eigenvalue weighted by Crippen LogP contribution is 2.27. The van der Waals surface area contributed by atoms with Crippen molar-refractivity contribution in [2.45, 2.75) is 51.0 Å². The van der Waals surface area contributed by atoms with Crippen LogP contribution in [0.25, 0.3) is 0 Å². The van der Waals surface area contributed by atoms with Crippen molar-refractivity contribution in [3.63, 3.8) is 0 Å². The smallest absolute Gasteiger partial charge is 0.216 e. The molecule has 1 atom stereocenters. The van der Waals surface area contributed by atoms with E-state index in [1.165, 1.54) is 12.8 Å². The minimum absolute atomic E-state index is 0.00420. The van der Waals surface area contributed by atoms with E-state index >= 15 is 0 Å². The van der Waals surface area contributed by atoms with E-state index in [0.717, 1.165) is 24.0 Å². The number of nitrogens with one attached hydrogen (secondary N) is 1. The van der Waals surface area contributed by atoms with Crippen LogP contribution < -0.4 is 4.72 Å². The second kappa shape index (κ2) is 6.70. The SMILES string of the molecule is CC(NS(=O)(=O)Cc1ccc(CO)cc1)C1CCCC1. The van der Waals surface area contributed by atoms with Crippen LogP contribution in [0.1, 0.15) is 43.7 Å². The second-order valence-corrected chi connectivity index (χ2v) is 7.44. The zero-order chi connectivity index (χ0) is 14.6. The summed E-state index contributed by atoms with van der Waals surface area (Å²) in [6.45, 7) is 1.94. The van der Waals surface area contributed by atoms with Crippen molar-refractivity contribution < 1.29 is 13.5 Å². The Bertz CT molecular complexity index is 519. The highest BCUT2D eigenvalue weighted by atomic mass is 32.2. The van der Waals surface area contributed by atoms with Crippen LogP contribution in [0.5, 0.6) is 0 Å². The van der Waals surface area contributed by atoms with Crippen LogP contribution in [0.4, 0.5) is 0 Å². The Morgan fingerprint density at radius 2 is 1.75 bits per heavy atom. The van der Waals surface area contributed by atoms with Crippen LogP contribution in [0.2, 0.25) is 0 Å². The molecule has 1 unspecified atom stereocenters. The average Bonchev–Trinajstić information content (AvgIpc) is 2.92. The molecule has 0 amide bonds. The number of hydrogen-bond acceptors (Lipinski definition) is 3. The van der Waals surface area contributed by atoms with E-state index in [2.05, 4.69) is 4.72 Å². The molecule has 1 saturated carbocycles. The van der Waals surface area contributed by atoms with E-state index in [-0.39, 0.29) is 18.4 Å². The van der Waals surface area contributed by atoms with Gasteiger partial charge >= 0.3 is 0 Å². The zero-order valence-electron chi connectivity index (χ0n) is 11.9. The molecule has 0 radical (unpaired) electrons. The van der Waals surface area contributed by atoms with E-state index in [4.69, 9.17) is 5.11 Å². The summed E-state index contributed by atoms with van der Waals surface area (Å²) in [4.78, 5) is 0. The highest BCUT2D eigenvalue weighted by molar-refractivity contribution is 7.88. The van der Waals surface area contributed by atoms with Crippen LogP contribution in [0.15, 0.2) is 24.3 Å². The molecule has 0 aliphatic heterocycles. The maximum atomic E-state index is 12.2. The predicted molar refractivity (Wildman–Crippen MR) is 79.5 cm³/mol. The molecule has 0 bridgehead atoms. The Kier molecular flexibility index (Phi) is 5.18. The molecule has 2 N–H and O–H groups in total. The van der Waals surface area contributed by atoms with Crippen molar-refractivity contribution in [3.05, 3.63) is 35.4 Å². The summed E-state index contributed by atoms with van der Waals surface area (Å²) in [5.41, 5.74) is 1.53. The summed E-state index contributed by atoms with van der Waals surface area (Å²) in [5, 5.41) is 8.97. The number of aliphatic hydroxyl groups excluding tert-OH is 1. The van der Waals surface area contributed by atoms with Crippen LogP contribution in [-0.4, -0.2) is 19.6 Å². The molecule has 0 saturated heterocycles. The van der Waals surface area contributed by atoms with Gasteiger partial charge in [0.2, 0.25) is 10.0 Å². The summed E-state index contributed by atoms with van der Waals surface area (Å²) in [5.74, 6) is 0.469. The lowest BCUT2D eigenvalue weighted by Gasteiger charge is -2.20. The number of aliphatic hydroxyl groups is 1. The fourth-order valence-electron chi connectivity index (χ4n) is 2.84. The first-order valence-electron chi connectivity index (χ1n) is 7.19. The third-order valence-corrected chi connectivity index (χ3v) is 5.48. The first kappa shape index (κ1) is 15.5. The molecule has 0 heterocycles. The maximum absolute atomic E-state index is 12.2. The normalized spacial score (nSPS) is 18.3. The molecule has 4 nitrogen and oxygen atoms in total. The zero-order valence-corrected chi connectivity index (χ0v) is 12.7. The van der Waals surface area contributed by atoms with Gasteiger partial charge in [-0.2, -0.15) is 0 Å². The minimum Gasteiger partial charge on any atom is -0.392 e. The van der Waals surface area contributed by atoms with Gasteiger partial charge < -0.3 is 5.11 Å². The Labute approximate surface area is 121 Å². The van der Waals surface area contributed by atoms with Crippen LogP contribution in [-0.2, 0) is 22.4 Å². The fraction of sp³-hybridized carbons (Fsp3) is 0.600. The maximum Gasteiger partial charge on any atom is 0.216 e. The Morgan fingerprint density at radius 1 is 1.20 bits per heavy atom. The van der Waals surface area contributed by atoms with E-state index in [1.807, 2.05) is 6.92 Å². The van der Waals surface area contributed by atoms with Crippen molar-refractivity contribution in [3.8, 4) is 0 Å². The Morgan fingerprint density at radius 3 is 2.30 bits per heavy atom. The lowest BCUT2D eigenvalue weighted by atomic mass is 10.0. The second-order valence-electron chi connectivity index (χ2n) is 5.68. The number of benzene rings is 1. The summed E-state index contributed by atoms with van der Waals surface area (Å²) in [6, 6.07) is 7.03. The molecule has 5 heteroatoms. The van der Waals surface area contributed by atoms with Gasteiger partial charge in [-0.15, -0.1) is 0 Å². The van der Waals surface area contributed by atoms with Crippen LogP contribution in [0.3, 0.4) is 0 Å². The molecule has 20 heavy (non-hydrogen) atoms. The van der Waals surface area contributed by atoms with Gasteiger partial charge in [0.25, 0.3) is 0 Å². The Balaban J connectivity index is 1.95. The molecular weight excluding hydrogens is 274 g/mol. The molecule has 1 aromatic rings. The van der Waals surface area contributed by atoms with Crippen LogP contribution >= 0.6 is 0 Å². The summed E-state index contributed by atoms with van der Waals surface area (Å²) < 4.78 is 27.1. The average molecular weight is 297 g/mol. The van der Waals surface area contributed by atoms with Gasteiger partial charge in [-0.3, -0.25) is 0 Å². The number of rotatable bonds is 6. The quantitative estimate of drug-likeness (QED) is 0.845. The van der Waals surface area contributed by atoms with Gasteiger partial charge in [0, 0.05) is 6.04 Å². The number of hydrogen-bond donors (Lipinski definition) is 2. The predicted octanol–water partition coefficient (Wildman–Crippen LogP) is 2.18. The molecule has 1 aromatic carbocycles. The Hall–Kier alpha value is -0.910. The van der Waals surface area contributed by atoms with Crippen LogP contribution in [0, 0.1) is 5.92 Å². The molecule has 0 aromatic heterocycles. The summed E-state index contributed by atoms with van der Waals surface area (Å²) in [7, 11) is -3.30. The van der Waals surface area contributed by atoms with Crippen molar-refractivity contribution >= 4 is 10.0 Å². The molecule has 112 valence electrons. The monoisotopic (exact) mass is 297 g/mol. The molecule has 2 rings (SSSR count). The first-order valence-corrected chi connectivity index (χ1v) is 8.84. The lowest BCUT2D eigenvalue weighted by molar-refractivity contribution is 0.282. The fourth-order valence-corrected chi connectivity index (χ4v) is 4.31. The third-order valence-electron chi connectivity index (χ3n) is 4.03. The van der Waals surface area contributed by atoms with Gasteiger partial charge in [-0.25, -0.2) is 13.1 Å². The molecule has 1 fully saturated rings. The topological polar surface area (TPSA) is 66.4 Å². The van der Waals surface area contributed by atoms with Gasteiger partial charge in [-0.1, -0.05) is 37.1 Å². The highest BCUT2D eigenvalue weighted by Gasteiger charge is 2.25. The van der Waals surface area contributed by atoms with E-state index < -0.39 is 10.0 Å². The van der Waals surface area contributed by atoms with Gasteiger partial charge in [-0.05, 0) is 36.8 Å². The van der Waals surface area contributed by atoms with Crippen molar-refractivity contribution in [1.29, 1.82) is 0 Å². The van der Waals surface area contributed by atoms with Crippen molar-refractivity contribution in [1.82, 2.24) is 4.72 Å². The van der Waals surface area contributed by atoms with Crippen molar-refractivity contribution in [2.75, 3.05) is 0 Å². The van der Waals surface area contributed by atoms with E-state index in [0.29, 0.717) is 5.92 Å². The standard InChI is InChI=1S/C15H23NO3S/c1-12(15-4-2-3-5-15)16-20(18,19)11-14-8-6-13(10-17)7-9-14/h6-9,12,15-17H,2-5,10-11H2,1H3. The van der Waals surface area contributed by atoms with Gasteiger partial charge in [0.05, 0.1) is 12.4 Å². The van der Waals surface area contributed by atoms with Crippen molar-refractivity contribution in [2.24, 2.45) is 5.92 Å². The lowest BCUT2D eigenvalue weighted by Crippen LogP contribution is -2.37. The molecule has 1 aliphatic rings. The third kappa shape index (κ3) is 4.30. The van der Waals surface area contributed by atoms with E-state index in [9.17, 15) is 8.42 Å².